The third-order valence-electron chi connectivity index (χ3n) is 8.64. The Labute approximate surface area is 200 Å². The van der Waals surface area contributed by atoms with Gasteiger partial charge in [0.25, 0.3) is 5.91 Å². The van der Waals surface area contributed by atoms with Gasteiger partial charge in [-0.3, -0.25) is 4.79 Å². The van der Waals surface area contributed by atoms with Crippen molar-refractivity contribution in [3.05, 3.63) is 59.9 Å². The minimum absolute atomic E-state index is 0.0484. The quantitative estimate of drug-likeness (QED) is 0.600. The summed E-state index contributed by atoms with van der Waals surface area (Å²) in [4.78, 5) is 14.8. The van der Waals surface area contributed by atoms with Crippen molar-refractivity contribution in [2.45, 2.75) is 68.5 Å². The Bertz CT molecular complexity index is 1050. The summed E-state index contributed by atoms with van der Waals surface area (Å²) in [5, 5.41) is 17.9. The number of anilines is 2. The molecule has 4 bridgehead atoms. The van der Waals surface area contributed by atoms with E-state index in [1.165, 1.54) is 31.4 Å². The largest absolute Gasteiger partial charge is 0.390 e. The minimum Gasteiger partial charge on any atom is -0.390 e. The summed E-state index contributed by atoms with van der Waals surface area (Å²) >= 11 is 0. The summed E-state index contributed by atoms with van der Waals surface area (Å²) in [6.07, 6.45) is 8.97. The highest BCUT2D eigenvalue weighted by Gasteiger charge is 2.57. The van der Waals surface area contributed by atoms with Gasteiger partial charge >= 0.3 is 0 Å². The zero-order valence-electron chi connectivity index (χ0n) is 19.6. The van der Waals surface area contributed by atoms with E-state index in [-0.39, 0.29) is 11.1 Å². The Balaban J connectivity index is 1.04. The molecule has 6 heteroatoms. The molecule has 5 nitrogen and oxygen atoms in total. The second kappa shape index (κ2) is 8.35. The fourth-order valence-electron chi connectivity index (χ4n) is 7.70. The minimum atomic E-state index is -0.518. The summed E-state index contributed by atoms with van der Waals surface area (Å²) in [5.74, 6) is 0.454. The average molecular weight is 464 g/mol. The highest BCUT2D eigenvalue weighted by Crippen LogP contribution is 2.57. The molecule has 34 heavy (non-hydrogen) atoms. The third-order valence-corrected chi connectivity index (χ3v) is 8.64. The van der Waals surface area contributed by atoms with E-state index in [1.54, 1.807) is 12.1 Å². The van der Waals surface area contributed by atoms with Crippen LogP contribution in [0.3, 0.4) is 0 Å². The number of hydrogen-bond donors (Lipinski definition) is 3. The molecule has 2 aromatic carbocycles. The lowest BCUT2D eigenvalue weighted by atomic mass is 9.51. The number of hydrogen-bond acceptors (Lipinski definition) is 4. The van der Waals surface area contributed by atoms with Gasteiger partial charge in [0.2, 0.25) is 0 Å². The number of benzene rings is 2. The number of halogens is 1. The Morgan fingerprint density at radius 2 is 1.65 bits per heavy atom. The monoisotopic (exact) mass is 463 g/mol. The lowest BCUT2D eigenvalue weighted by Crippen LogP contribution is -2.66. The highest BCUT2D eigenvalue weighted by atomic mass is 19.1. The van der Waals surface area contributed by atoms with Crippen LogP contribution in [0, 0.1) is 17.7 Å². The number of piperidine rings is 1. The molecule has 1 aliphatic heterocycles. The van der Waals surface area contributed by atoms with Crippen molar-refractivity contribution in [1.29, 1.82) is 0 Å². The van der Waals surface area contributed by atoms with Gasteiger partial charge in [0.05, 0.1) is 11.2 Å². The number of rotatable bonds is 5. The zero-order valence-corrected chi connectivity index (χ0v) is 19.6. The molecule has 5 aliphatic rings. The molecule has 0 spiro atoms. The smallest absolute Gasteiger partial charge is 0.258 e. The van der Waals surface area contributed by atoms with E-state index in [4.69, 9.17) is 0 Å². The Morgan fingerprint density at radius 1 is 0.971 bits per heavy atom. The molecule has 180 valence electrons. The van der Waals surface area contributed by atoms with Crippen molar-refractivity contribution in [2.24, 2.45) is 11.8 Å². The van der Waals surface area contributed by atoms with Crippen molar-refractivity contribution < 1.29 is 14.3 Å². The van der Waals surface area contributed by atoms with Gasteiger partial charge in [-0.1, -0.05) is 12.1 Å². The predicted octanol–water partition coefficient (Wildman–Crippen LogP) is 4.72. The van der Waals surface area contributed by atoms with Crippen LogP contribution in [-0.4, -0.2) is 41.3 Å². The van der Waals surface area contributed by atoms with E-state index < -0.39 is 17.3 Å². The fourth-order valence-corrected chi connectivity index (χ4v) is 7.70. The molecule has 0 aromatic heterocycles. The number of nitrogens with zero attached hydrogens (tertiary/aromatic N) is 1. The van der Waals surface area contributed by atoms with Gasteiger partial charge in [-0.25, -0.2) is 4.39 Å². The van der Waals surface area contributed by atoms with Crippen LogP contribution in [0.4, 0.5) is 15.8 Å². The number of nitrogens with one attached hydrogen (secondary N) is 2. The van der Waals surface area contributed by atoms with Crippen molar-refractivity contribution in [3.8, 4) is 0 Å². The predicted molar refractivity (Wildman–Crippen MR) is 132 cm³/mol. The molecular formula is C28H34FN3O2. The van der Waals surface area contributed by atoms with Crippen LogP contribution in [0.1, 0.15) is 61.7 Å². The molecule has 0 radical (unpaired) electrons. The van der Waals surface area contributed by atoms with E-state index in [9.17, 15) is 14.3 Å². The molecule has 0 unspecified atom stereocenters. The lowest BCUT2D eigenvalue weighted by Gasteiger charge is -2.61. The first-order chi connectivity index (χ1) is 16.4. The molecule has 3 N–H and O–H groups in total. The standard InChI is InChI=1S/C28H34FN3O2/c29-25-4-2-1-3-24(25)26(33)30-21-5-7-23(8-6-21)32-11-9-22(10-12-32)31-27-14-19-13-20(15-27)17-28(34,16-19)18-27/h1-8,19-20,22,31,34H,9-18H2,(H,30,33)/t19-,20-,27?,28?/m1/s1. The summed E-state index contributed by atoms with van der Waals surface area (Å²) in [7, 11) is 0. The fraction of sp³-hybridized carbons (Fsp3) is 0.536. The molecule has 2 aromatic rings. The first-order valence-corrected chi connectivity index (χ1v) is 12.8. The van der Waals surface area contributed by atoms with Crippen LogP contribution in [0.2, 0.25) is 0 Å². The van der Waals surface area contributed by atoms with Gasteiger partial charge < -0.3 is 20.6 Å². The van der Waals surface area contributed by atoms with Gasteiger partial charge in [-0.15, -0.1) is 0 Å². The maximum atomic E-state index is 13.9. The first-order valence-electron chi connectivity index (χ1n) is 12.8. The van der Waals surface area contributed by atoms with Gasteiger partial charge in [0, 0.05) is 36.0 Å². The molecule has 2 atom stereocenters. The van der Waals surface area contributed by atoms with Crippen molar-refractivity contribution in [1.82, 2.24) is 5.32 Å². The van der Waals surface area contributed by atoms with Crippen LogP contribution in [0.15, 0.2) is 48.5 Å². The Hall–Kier alpha value is -2.44. The second-order valence-corrected chi connectivity index (χ2v) is 11.4. The molecule has 4 saturated carbocycles. The average Bonchev–Trinajstić information content (AvgIpc) is 2.78. The maximum absolute atomic E-state index is 13.9. The van der Waals surface area contributed by atoms with E-state index in [1.807, 2.05) is 24.3 Å². The number of amides is 1. The van der Waals surface area contributed by atoms with Crippen LogP contribution in [0.25, 0.3) is 0 Å². The van der Waals surface area contributed by atoms with Crippen molar-refractivity contribution >= 4 is 17.3 Å². The maximum Gasteiger partial charge on any atom is 0.258 e. The van der Waals surface area contributed by atoms with E-state index in [2.05, 4.69) is 15.5 Å². The summed E-state index contributed by atoms with van der Waals surface area (Å²) in [5.41, 5.74) is 1.59. The normalized spacial score (nSPS) is 32.7. The lowest BCUT2D eigenvalue weighted by molar-refractivity contribution is -0.144. The van der Waals surface area contributed by atoms with Crippen LogP contribution in [-0.2, 0) is 0 Å². The first kappa shape index (κ1) is 22.1. The van der Waals surface area contributed by atoms with Crippen molar-refractivity contribution in [2.75, 3.05) is 23.3 Å². The topological polar surface area (TPSA) is 64.6 Å². The zero-order chi connectivity index (χ0) is 23.3. The molecule has 1 heterocycles. The van der Waals surface area contributed by atoms with Gasteiger partial charge in [0.1, 0.15) is 5.82 Å². The van der Waals surface area contributed by atoms with E-state index in [0.717, 1.165) is 50.9 Å². The molecule has 1 amide bonds. The number of carbonyl (C=O) groups excluding carboxylic acids is 1. The van der Waals surface area contributed by atoms with Crippen LogP contribution < -0.4 is 15.5 Å². The van der Waals surface area contributed by atoms with Crippen molar-refractivity contribution in [3.63, 3.8) is 0 Å². The molecule has 4 aliphatic carbocycles. The van der Waals surface area contributed by atoms with Crippen LogP contribution in [0.5, 0.6) is 0 Å². The SMILES string of the molecule is O=C(Nc1ccc(N2CCC(NC34C[C@H]5C[C@@H](CC(O)(C5)C3)C4)CC2)cc1)c1ccccc1F. The second-order valence-electron chi connectivity index (χ2n) is 11.4. The Morgan fingerprint density at radius 3 is 2.29 bits per heavy atom. The number of aliphatic hydroxyl groups is 1. The van der Waals surface area contributed by atoms with Gasteiger partial charge in [-0.2, -0.15) is 0 Å². The third kappa shape index (κ3) is 4.22. The van der Waals surface area contributed by atoms with Crippen LogP contribution >= 0.6 is 0 Å². The molecule has 1 saturated heterocycles. The summed E-state index contributed by atoms with van der Waals surface area (Å²) in [6.45, 7) is 1.98. The van der Waals surface area contributed by atoms with E-state index >= 15 is 0 Å². The highest BCUT2D eigenvalue weighted by molar-refractivity contribution is 6.04. The van der Waals surface area contributed by atoms with E-state index in [0.29, 0.717) is 23.6 Å². The molecule has 7 rings (SSSR count). The molecular weight excluding hydrogens is 429 g/mol. The number of carbonyl (C=O) groups is 1. The van der Waals surface area contributed by atoms with Gasteiger partial charge in [-0.05, 0) is 99.6 Å². The summed E-state index contributed by atoms with van der Waals surface area (Å²) < 4.78 is 13.9. The molecule has 5 fully saturated rings. The Kier molecular flexibility index (Phi) is 5.41. The van der Waals surface area contributed by atoms with Gasteiger partial charge in [0.15, 0.2) is 0 Å². The summed E-state index contributed by atoms with van der Waals surface area (Å²) in [6, 6.07) is 14.3.